The fourth-order valence-electron chi connectivity index (χ4n) is 2.09. The molecule has 1 fully saturated rings. The van der Waals surface area contributed by atoms with Crippen LogP contribution in [0.4, 0.5) is 5.82 Å². The molecular weight excluding hydrogens is 266 g/mol. The molecule has 0 unspecified atom stereocenters. The Hall–Kier alpha value is -2.39. The van der Waals surface area contributed by atoms with Crippen molar-refractivity contribution < 1.29 is 19.7 Å². The van der Waals surface area contributed by atoms with Gasteiger partial charge in [0.25, 0.3) is 0 Å². The van der Waals surface area contributed by atoms with E-state index in [9.17, 15) is 10.2 Å². The fourth-order valence-corrected chi connectivity index (χ4v) is 2.09. The van der Waals surface area contributed by atoms with Crippen LogP contribution in [0.3, 0.4) is 0 Å². The van der Waals surface area contributed by atoms with E-state index in [1.807, 2.05) is 0 Å². The van der Waals surface area contributed by atoms with Crippen molar-refractivity contribution in [3.05, 3.63) is 24.7 Å². The average molecular weight is 279 g/mol. The number of imidazole rings is 1. The number of hydrogen-bond donors (Lipinski definition) is 3. The summed E-state index contributed by atoms with van der Waals surface area (Å²) in [6, 6.07) is 0. The lowest BCUT2D eigenvalue weighted by Crippen LogP contribution is -2.27. The zero-order chi connectivity index (χ0) is 14.3. The Labute approximate surface area is 113 Å². The van der Waals surface area contributed by atoms with Crippen molar-refractivity contribution in [1.29, 1.82) is 0 Å². The summed E-state index contributed by atoms with van der Waals surface area (Å²) in [4.78, 5) is 12.0. The van der Waals surface area contributed by atoms with Crippen LogP contribution in [0.1, 0.15) is 6.23 Å². The third-order valence-electron chi connectivity index (χ3n) is 3.06. The van der Waals surface area contributed by atoms with E-state index in [0.29, 0.717) is 11.2 Å². The first kappa shape index (κ1) is 12.6. The quantitative estimate of drug-likeness (QED) is 0.606. The van der Waals surface area contributed by atoms with Crippen LogP contribution in [0.25, 0.3) is 11.2 Å². The molecule has 1 aliphatic rings. The molecule has 4 N–H and O–H groups in total. The van der Waals surface area contributed by atoms with E-state index in [1.54, 1.807) is 0 Å². The SMILES string of the molecule is CO/C=C1/O[C@@H](n2cnc3c(N)ncnc32)[C@H](O)[C@@H]1O. The number of aliphatic hydroxyl groups is 2. The topological polar surface area (TPSA) is 129 Å². The summed E-state index contributed by atoms with van der Waals surface area (Å²) in [7, 11) is 1.42. The lowest BCUT2D eigenvalue weighted by Gasteiger charge is -2.15. The van der Waals surface area contributed by atoms with Crippen LogP contribution in [0, 0.1) is 0 Å². The monoisotopic (exact) mass is 279 g/mol. The summed E-state index contributed by atoms with van der Waals surface area (Å²) >= 11 is 0. The summed E-state index contributed by atoms with van der Waals surface area (Å²) in [5.41, 5.74) is 6.51. The number of nitrogens with two attached hydrogens (primary N) is 1. The predicted molar refractivity (Wildman–Crippen MR) is 67.0 cm³/mol. The molecule has 20 heavy (non-hydrogen) atoms. The summed E-state index contributed by atoms with van der Waals surface area (Å²) in [5, 5.41) is 19.9. The highest BCUT2D eigenvalue weighted by Crippen LogP contribution is 2.33. The van der Waals surface area contributed by atoms with Gasteiger partial charge in [-0.2, -0.15) is 0 Å². The van der Waals surface area contributed by atoms with Crippen LogP contribution >= 0.6 is 0 Å². The van der Waals surface area contributed by atoms with Crippen molar-refractivity contribution in [2.24, 2.45) is 0 Å². The Bertz CT molecular complexity index is 670. The Balaban J connectivity index is 2.04. The van der Waals surface area contributed by atoms with E-state index in [-0.39, 0.29) is 11.6 Å². The molecule has 2 aromatic rings. The second-order valence-corrected chi connectivity index (χ2v) is 4.28. The van der Waals surface area contributed by atoms with Crippen molar-refractivity contribution in [3.63, 3.8) is 0 Å². The maximum absolute atomic E-state index is 10.1. The van der Waals surface area contributed by atoms with Gasteiger partial charge in [0.1, 0.15) is 36.6 Å². The van der Waals surface area contributed by atoms with Crippen LogP contribution in [-0.4, -0.2) is 49.0 Å². The number of methoxy groups -OCH3 is 1. The van der Waals surface area contributed by atoms with E-state index >= 15 is 0 Å². The van der Waals surface area contributed by atoms with Crippen molar-refractivity contribution in [2.45, 2.75) is 18.4 Å². The molecule has 0 radical (unpaired) electrons. The molecule has 3 atom stereocenters. The maximum atomic E-state index is 10.1. The van der Waals surface area contributed by atoms with Crippen LogP contribution in [0.2, 0.25) is 0 Å². The molecular formula is C11H13N5O4. The number of fused-ring (bicyclic) bond motifs is 1. The van der Waals surface area contributed by atoms with Gasteiger partial charge in [0.15, 0.2) is 17.2 Å². The zero-order valence-electron chi connectivity index (χ0n) is 10.5. The normalized spacial score (nSPS) is 27.9. The number of ether oxygens (including phenoxy) is 2. The highest BCUT2D eigenvalue weighted by Gasteiger charge is 2.42. The van der Waals surface area contributed by atoms with Gasteiger partial charge in [-0.15, -0.1) is 0 Å². The first-order valence-electron chi connectivity index (χ1n) is 5.82. The minimum absolute atomic E-state index is 0.133. The van der Waals surface area contributed by atoms with E-state index in [4.69, 9.17) is 15.2 Å². The largest absolute Gasteiger partial charge is 0.501 e. The Morgan fingerprint density at radius 1 is 1.40 bits per heavy atom. The minimum atomic E-state index is -1.18. The Morgan fingerprint density at radius 3 is 2.95 bits per heavy atom. The molecule has 0 amide bonds. The molecule has 1 aliphatic heterocycles. The van der Waals surface area contributed by atoms with E-state index in [0.717, 1.165) is 0 Å². The predicted octanol–water partition coefficient (Wildman–Crippen LogP) is -0.853. The number of rotatable bonds is 2. The standard InChI is InChI=1S/C11H13N5O4/c1-19-2-5-7(17)8(18)11(20-5)16-4-15-6-9(12)13-3-14-10(6)16/h2-4,7-8,11,17-18H,1H3,(H2,12,13,14)/b5-2+/t7-,8-,11-/m1/s1. The summed E-state index contributed by atoms with van der Waals surface area (Å²) < 4.78 is 11.7. The number of aliphatic hydroxyl groups excluding tert-OH is 2. The van der Waals surface area contributed by atoms with Crippen molar-refractivity contribution >= 4 is 17.0 Å². The van der Waals surface area contributed by atoms with Crippen molar-refractivity contribution in [1.82, 2.24) is 19.5 Å². The highest BCUT2D eigenvalue weighted by molar-refractivity contribution is 5.81. The second kappa shape index (κ2) is 4.62. The van der Waals surface area contributed by atoms with Gasteiger partial charge >= 0.3 is 0 Å². The number of aromatic nitrogens is 4. The van der Waals surface area contributed by atoms with Gasteiger partial charge in [-0.05, 0) is 0 Å². The first-order valence-corrected chi connectivity index (χ1v) is 5.82. The van der Waals surface area contributed by atoms with Gasteiger partial charge in [-0.1, -0.05) is 0 Å². The second-order valence-electron chi connectivity index (χ2n) is 4.28. The van der Waals surface area contributed by atoms with Crippen molar-refractivity contribution in [3.8, 4) is 0 Å². The maximum Gasteiger partial charge on any atom is 0.207 e. The summed E-state index contributed by atoms with van der Waals surface area (Å²) in [6.07, 6.45) is 0.717. The van der Waals surface area contributed by atoms with Gasteiger partial charge in [-0.3, -0.25) is 4.57 Å². The molecule has 0 aromatic carbocycles. The molecule has 2 aromatic heterocycles. The van der Waals surface area contributed by atoms with E-state index < -0.39 is 18.4 Å². The van der Waals surface area contributed by atoms with Crippen LogP contribution in [0.15, 0.2) is 24.7 Å². The molecule has 3 rings (SSSR count). The third kappa shape index (κ3) is 1.75. The van der Waals surface area contributed by atoms with E-state index in [2.05, 4.69) is 15.0 Å². The van der Waals surface area contributed by atoms with Gasteiger partial charge < -0.3 is 25.4 Å². The van der Waals surface area contributed by atoms with Gasteiger partial charge in [-0.25, -0.2) is 15.0 Å². The van der Waals surface area contributed by atoms with Crippen molar-refractivity contribution in [2.75, 3.05) is 12.8 Å². The average Bonchev–Trinajstić information content (AvgIpc) is 2.97. The molecule has 3 heterocycles. The first-order chi connectivity index (χ1) is 9.63. The highest BCUT2D eigenvalue weighted by atomic mass is 16.6. The van der Waals surface area contributed by atoms with Crippen LogP contribution in [-0.2, 0) is 9.47 Å². The Kier molecular flexibility index (Phi) is 2.92. The fraction of sp³-hybridized carbons (Fsp3) is 0.364. The number of nitrogens with zero attached hydrogens (tertiary/aromatic N) is 4. The van der Waals surface area contributed by atoms with Gasteiger partial charge in [0.2, 0.25) is 6.23 Å². The minimum Gasteiger partial charge on any atom is -0.501 e. The molecule has 0 spiro atoms. The van der Waals surface area contributed by atoms with Gasteiger partial charge in [0.05, 0.1) is 7.11 Å². The van der Waals surface area contributed by atoms with Crippen LogP contribution < -0.4 is 5.73 Å². The Morgan fingerprint density at radius 2 is 2.20 bits per heavy atom. The third-order valence-corrected chi connectivity index (χ3v) is 3.06. The lowest BCUT2D eigenvalue weighted by molar-refractivity contribution is -0.0121. The zero-order valence-corrected chi connectivity index (χ0v) is 10.5. The molecule has 1 saturated heterocycles. The number of anilines is 1. The molecule has 0 saturated carbocycles. The molecule has 9 nitrogen and oxygen atoms in total. The molecule has 9 heteroatoms. The molecule has 0 aliphatic carbocycles. The van der Waals surface area contributed by atoms with E-state index in [1.165, 1.54) is 30.6 Å². The summed E-state index contributed by atoms with van der Waals surface area (Å²) in [6.45, 7) is 0. The smallest absolute Gasteiger partial charge is 0.207 e. The van der Waals surface area contributed by atoms with Crippen LogP contribution in [0.5, 0.6) is 0 Å². The summed E-state index contributed by atoms with van der Waals surface area (Å²) in [5.74, 6) is 0.364. The van der Waals surface area contributed by atoms with Gasteiger partial charge in [0, 0.05) is 0 Å². The molecule has 106 valence electrons. The molecule has 0 bridgehead atoms. The number of nitrogen functional groups attached to an aromatic ring is 1. The number of hydrogen-bond acceptors (Lipinski definition) is 8. The lowest BCUT2D eigenvalue weighted by atomic mass is 10.2.